The van der Waals surface area contributed by atoms with Gasteiger partial charge in [-0.05, 0) is 72.7 Å². The molecule has 3 aromatic rings. The van der Waals surface area contributed by atoms with Crippen LogP contribution >= 0.6 is 0 Å². The molecule has 2 aromatic heterocycles. The highest BCUT2D eigenvalue weighted by Gasteiger charge is 2.78. The van der Waals surface area contributed by atoms with Crippen molar-refractivity contribution in [2.24, 2.45) is 28.6 Å². The average Bonchev–Trinajstić information content (AvgIpc) is 3.77. The lowest BCUT2D eigenvalue weighted by atomic mass is 9.45. The van der Waals surface area contributed by atoms with Gasteiger partial charge in [0.1, 0.15) is 5.83 Å². The second-order valence-electron chi connectivity index (χ2n) is 13.6. The summed E-state index contributed by atoms with van der Waals surface area (Å²) in [5.41, 5.74) is -4.63. The first kappa shape index (κ1) is 30.6. The van der Waals surface area contributed by atoms with Crippen LogP contribution in [0.25, 0.3) is 11.8 Å². The van der Waals surface area contributed by atoms with E-state index in [-0.39, 0.29) is 30.6 Å². The van der Waals surface area contributed by atoms with Crippen molar-refractivity contribution in [1.82, 2.24) is 14.8 Å². The fraction of sp³-hybridized carbons (Fsp3) is 0.457. The van der Waals surface area contributed by atoms with Gasteiger partial charge >= 0.3 is 5.97 Å². The Kier molecular flexibility index (Phi) is 6.78. The number of hydroxylamine groups is 2. The van der Waals surface area contributed by atoms with Crippen LogP contribution in [0.15, 0.2) is 76.8 Å². The van der Waals surface area contributed by atoms with Crippen molar-refractivity contribution in [2.75, 3.05) is 14.2 Å². The number of furan rings is 1. The Morgan fingerprint density at radius 3 is 2.59 bits per heavy atom. The summed E-state index contributed by atoms with van der Waals surface area (Å²) in [7, 11) is 2.72. The molecule has 8 atom stereocenters. The van der Waals surface area contributed by atoms with E-state index >= 15 is 8.78 Å². The zero-order valence-corrected chi connectivity index (χ0v) is 26.4. The Hall–Kier alpha value is -4.09. The summed E-state index contributed by atoms with van der Waals surface area (Å²) in [5.74, 6) is -4.70. The largest absolute Gasteiger partial charge is 0.457 e. The van der Waals surface area contributed by atoms with Crippen LogP contribution in [-0.4, -0.2) is 63.4 Å². The fourth-order valence-corrected chi connectivity index (χ4v) is 9.30. The topological polar surface area (TPSA) is 107 Å². The van der Waals surface area contributed by atoms with Gasteiger partial charge in [0, 0.05) is 29.7 Å². The van der Waals surface area contributed by atoms with Gasteiger partial charge in [-0.15, -0.1) is 0 Å². The van der Waals surface area contributed by atoms with Crippen LogP contribution in [0.2, 0.25) is 0 Å². The highest BCUT2D eigenvalue weighted by Crippen LogP contribution is 2.71. The van der Waals surface area contributed by atoms with Crippen molar-refractivity contribution in [1.29, 1.82) is 0 Å². The Balaban J connectivity index is 1.36. The van der Waals surface area contributed by atoms with Gasteiger partial charge in [0.25, 0.3) is 5.91 Å². The highest BCUT2D eigenvalue weighted by atomic mass is 19.1. The minimum Gasteiger partial charge on any atom is -0.457 e. The molecule has 1 amide bonds. The number of aromatic nitrogens is 2. The van der Waals surface area contributed by atoms with Crippen LogP contribution in [0.3, 0.4) is 0 Å². The maximum absolute atomic E-state index is 18.3. The molecule has 2 fully saturated rings. The molecule has 242 valence electrons. The van der Waals surface area contributed by atoms with Crippen LogP contribution in [0.1, 0.15) is 55.4 Å². The van der Waals surface area contributed by atoms with E-state index < -0.39 is 63.7 Å². The number of para-hydroxylation sites is 1. The lowest BCUT2D eigenvalue weighted by Gasteiger charge is -2.62. The molecule has 2 saturated carbocycles. The van der Waals surface area contributed by atoms with E-state index in [2.05, 4.69) is 5.10 Å². The summed E-state index contributed by atoms with van der Waals surface area (Å²) in [6.45, 7) is 5.15. The molecular weight excluding hydrogens is 596 g/mol. The molecular formula is C35H37F2N3O6. The molecule has 0 aliphatic heterocycles. The summed E-state index contributed by atoms with van der Waals surface area (Å²) in [5, 5.41) is 17.6. The number of aliphatic hydroxyl groups excluding tert-OH is 1. The Labute approximate surface area is 265 Å². The molecule has 0 radical (unpaired) electrons. The number of carbonyl (C=O) groups is 2. The van der Waals surface area contributed by atoms with Gasteiger partial charge in [-0.1, -0.05) is 39.0 Å². The van der Waals surface area contributed by atoms with E-state index in [4.69, 9.17) is 14.0 Å². The van der Waals surface area contributed by atoms with E-state index in [1.54, 1.807) is 37.7 Å². The van der Waals surface area contributed by atoms with E-state index in [1.807, 2.05) is 30.3 Å². The number of benzene rings is 1. The third-order valence-corrected chi connectivity index (χ3v) is 11.6. The second-order valence-corrected chi connectivity index (χ2v) is 13.6. The normalized spacial score (nSPS) is 36.0. The van der Waals surface area contributed by atoms with Crippen molar-refractivity contribution < 1.29 is 37.5 Å². The predicted octanol–water partition coefficient (Wildman–Crippen LogP) is 5.65. The number of esters is 1. The van der Waals surface area contributed by atoms with Gasteiger partial charge < -0.3 is 14.3 Å². The molecule has 9 nitrogen and oxygen atoms in total. The number of fused-ring (bicyclic) bond motifs is 6. The van der Waals surface area contributed by atoms with Gasteiger partial charge in [-0.2, -0.15) is 5.10 Å². The molecule has 1 N–H and O–H groups in total. The first-order valence-electron chi connectivity index (χ1n) is 15.5. The zero-order chi connectivity index (χ0) is 32.8. The standard InChI is InChI=1S/C35H37F2N3O6/c1-20-14-23-24-15-26(36)25-16-27-21(19-38-40(27)22-10-7-6-8-11-22)17-32(25,2)34(24,37)29(41)18-33(23,3)35(20,31(43)39(4)44-5)46-30(42)28-12-9-13-45-28/h6-13,15-16,19-20,23-24,29,41H,14,17-18H2,1-5H3/t20-,23?,24?,29+,32+,33+,34+,35+/m1/s1. The molecule has 7 rings (SSSR count). The molecule has 0 saturated heterocycles. The third kappa shape index (κ3) is 3.75. The van der Waals surface area contributed by atoms with Crippen molar-refractivity contribution in [3.05, 3.63) is 89.4 Å². The number of amides is 1. The maximum atomic E-state index is 18.3. The number of ether oxygens (including phenoxy) is 1. The molecule has 0 spiro atoms. The maximum Gasteiger partial charge on any atom is 0.375 e. The zero-order valence-electron chi connectivity index (χ0n) is 26.4. The third-order valence-electron chi connectivity index (χ3n) is 11.6. The van der Waals surface area contributed by atoms with Crippen molar-refractivity contribution >= 4 is 18.0 Å². The Morgan fingerprint density at radius 1 is 1.17 bits per heavy atom. The fourth-order valence-electron chi connectivity index (χ4n) is 9.30. The van der Waals surface area contributed by atoms with Gasteiger partial charge in [-0.3, -0.25) is 9.63 Å². The molecule has 2 unspecified atom stereocenters. The Bertz CT molecular complexity index is 1770. The lowest BCUT2D eigenvalue weighted by Crippen LogP contribution is -2.70. The number of carbonyl (C=O) groups excluding carboxylic acids is 2. The summed E-state index contributed by atoms with van der Waals surface area (Å²) in [6, 6.07) is 12.4. The van der Waals surface area contributed by atoms with Gasteiger partial charge in [-0.25, -0.2) is 23.3 Å². The quantitative estimate of drug-likeness (QED) is 0.286. The minimum absolute atomic E-state index is 0.106. The number of halogens is 2. The van der Waals surface area contributed by atoms with Crippen molar-refractivity contribution in [3.8, 4) is 5.69 Å². The van der Waals surface area contributed by atoms with Crippen LogP contribution in [-0.2, 0) is 20.8 Å². The molecule has 0 bridgehead atoms. The van der Waals surface area contributed by atoms with E-state index in [9.17, 15) is 14.7 Å². The number of hydrogen-bond acceptors (Lipinski definition) is 7. The number of aliphatic hydroxyl groups is 1. The minimum atomic E-state index is -2.32. The first-order valence-corrected chi connectivity index (χ1v) is 15.5. The van der Waals surface area contributed by atoms with Crippen molar-refractivity contribution in [2.45, 2.75) is 57.4 Å². The van der Waals surface area contributed by atoms with E-state index in [0.717, 1.165) is 16.3 Å². The molecule has 4 aliphatic carbocycles. The van der Waals surface area contributed by atoms with Gasteiger partial charge in [0.05, 0.1) is 37.1 Å². The molecule has 4 aliphatic rings. The number of hydrogen-bond donors (Lipinski definition) is 1. The Morgan fingerprint density at radius 2 is 1.91 bits per heavy atom. The molecule has 2 heterocycles. The molecule has 11 heteroatoms. The van der Waals surface area contributed by atoms with E-state index in [1.165, 1.54) is 38.6 Å². The van der Waals surface area contributed by atoms with Crippen LogP contribution < -0.4 is 0 Å². The average molecular weight is 634 g/mol. The monoisotopic (exact) mass is 633 g/mol. The first-order chi connectivity index (χ1) is 21.8. The van der Waals surface area contributed by atoms with Gasteiger partial charge in [0.15, 0.2) is 5.67 Å². The van der Waals surface area contributed by atoms with Crippen LogP contribution in [0, 0.1) is 28.6 Å². The number of allylic oxidation sites excluding steroid dienone is 3. The molecule has 1 aromatic carbocycles. The number of alkyl halides is 1. The lowest BCUT2D eigenvalue weighted by molar-refractivity contribution is -0.230. The highest BCUT2D eigenvalue weighted by molar-refractivity contribution is 5.93. The number of rotatable bonds is 5. The van der Waals surface area contributed by atoms with E-state index in [0.29, 0.717) is 5.69 Å². The summed E-state index contributed by atoms with van der Waals surface area (Å²) in [6.07, 6.45) is 4.37. The second kappa shape index (κ2) is 10.2. The number of nitrogens with zero attached hydrogens (tertiary/aromatic N) is 3. The predicted molar refractivity (Wildman–Crippen MR) is 163 cm³/mol. The smallest absolute Gasteiger partial charge is 0.375 e. The SMILES string of the molecule is CON(C)C(=O)[C@@]1(OC(=O)c2ccco2)[C@H](C)CC2C3C=C(F)C4=Cc5c(cnn5-c5ccccc5)C[C@]4(C)[C@@]3(F)[C@@H](O)C[C@@]21C. The summed E-state index contributed by atoms with van der Waals surface area (Å²) in [4.78, 5) is 32.9. The van der Waals surface area contributed by atoms with Crippen LogP contribution in [0.4, 0.5) is 8.78 Å². The van der Waals surface area contributed by atoms with Crippen molar-refractivity contribution in [3.63, 3.8) is 0 Å². The van der Waals surface area contributed by atoms with Gasteiger partial charge in [0.2, 0.25) is 11.4 Å². The summed E-state index contributed by atoms with van der Waals surface area (Å²) < 4.78 is 47.9. The summed E-state index contributed by atoms with van der Waals surface area (Å²) >= 11 is 0. The molecule has 46 heavy (non-hydrogen) atoms. The van der Waals surface area contributed by atoms with Crippen LogP contribution in [0.5, 0.6) is 0 Å². The number of likely N-dealkylation sites (N-methyl/N-ethyl adjacent to an activating group) is 1.